The minimum atomic E-state index is 0.608. The van der Waals surface area contributed by atoms with E-state index in [0.29, 0.717) is 6.04 Å². The molecule has 2 heterocycles. The Morgan fingerprint density at radius 3 is 2.56 bits per heavy atom. The van der Waals surface area contributed by atoms with Crippen LogP contribution in [0.25, 0.3) is 0 Å². The van der Waals surface area contributed by atoms with Crippen LogP contribution in [0.1, 0.15) is 32.4 Å². The number of likely N-dealkylation sites (tertiary alicyclic amines) is 1. The molecule has 0 amide bonds. The van der Waals surface area contributed by atoms with Gasteiger partial charge in [-0.1, -0.05) is 13.8 Å². The molecule has 0 unspecified atom stereocenters. The Kier molecular flexibility index (Phi) is 4.27. The van der Waals surface area contributed by atoms with Gasteiger partial charge in [-0.25, -0.2) is 0 Å². The topological polar surface area (TPSA) is 33.1 Å². The molecule has 1 aromatic rings. The van der Waals surface area contributed by atoms with Crippen molar-refractivity contribution in [3.8, 4) is 0 Å². The Balaban J connectivity index is 1.82. The van der Waals surface area contributed by atoms with E-state index in [-0.39, 0.29) is 0 Å². The van der Waals surface area contributed by atoms with E-state index in [1.165, 1.54) is 38.2 Å². The van der Waals surface area contributed by atoms with Gasteiger partial charge in [0.15, 0.2) is 0 Å². The summed E-state index contributed by atoms with van der Waals surface area (Å²) in [6.45, 7) is 10.3. The van der Waals surface area contributed by atoms with Gasteiger partial charge in [-0.05, 0) is 25.7 Å². The number of aromatic nitrogens is 2. The summed E-state index contributed by atoms with van der Waals surface area (Å²) in [5.74, 6) is 0.773. The lowest BCUT2D eigenvalue weighted by Crippen LogP contribution is -2.40. The van der Waals surface area contributed by atoms with Gasteiger partial charge in [0.2, 0.25) is 0 Å². The molecule has 0 radical (unpaired) electrons. The van der Waals surface area contributed by atoms with Crippen molar-refractivity contribution in [1.82, 2.24) is 14.7 Å². The second-order valence-corrected chi connectivity index (χ2v) is 5.91. The molecule has 0 atom stereocenters. The maximum absolute atomic E-state index is 4.37. The first-order chi connectivity index (χ1) is 8.54. The van der Waals surface area contributed by atoms with Crippen LogP contribution in [-0.4, -0.2) is 40.4 Å². The average Bonchev–Trinajstić information content (AvgIpc) is 2.59. The molecule has 0 spiro atoms. The molecule has 1 aliphatic rings. The molecular formula is C14H26N4. The molecule has 0 aromatic carbocycles. The first-order valence-electron chi connectivity index (χ1n) is 7.03. The fraction of sp³-hybridized carbons (Fsp3) is 0.786. The van der Waals surface area contributed by atoms with Crippen LogP contribution in [0.5, 0.6) is 0 Å². The number of nitrogens with one attached hydrogen (secondary N) is 1. The Bertz CT molecular complexity index is 375. The van der Waals surface area contributed by atoms with Crippen LogP contribution in [0, 0.1) is 12.8 Å². The lowest BCUT2D eigenvalue weighted by atomic mass is 10.0. The molecule has 1 saturated heterocycles. The van der Waals surface area contributed by atoms with Gasteiger partial charge in [-0.3, -0.25) is 4.68 Å². The summed E-state index contributed by atoms with van der Waals surface area (Å²) in [4.78, 5) is 2.58. The van der Waals surface area contributed by atoms with Crippen LogP contribution in [0.2, 0.25) is 0 Å². The highest BCUT2D eigenvalue weighted by Gasteiger charge is 2.20. The van der Waals surface area contributed by atoms with Crippen molar-refractivity contribution < 1.29 is 0 Å². The first kappa shape index (κ1) is 13.4. The predicted octanol–water partition coefficient (Wildman–Crippen LogP) is 2.26. The molecule has 1 aliphatic heterocycles. The van der Waals surface area contributed by atoms with Gasteiger partial charge in [0.1, 0.15) is 0 Å². The van der Waals surface area contributed by atoms with Crippen LogP contribution in [0.3, 0.4) is 0 Å². The normalized spacial score (nSPS) is 18.5. The van der Waals surface area contributed by atoms with Gasteiger partial charge >= 0.3 is 0 Å². The second-order valence-electron chi connectivity index (χ2n) is 5.91. The first-order valence-corrected chi connectivity index (χ1v) is 7.03. The quantitative estimate of drug-likeness (QED) is 0.890. The highest BCUT2D eigenvalue weighted by Crippen LogP contribution is 2.19. The number of anilines is 1. The lowest BCUT2D eigenvalue weighted by Gasteiger charge is -2.33. The third-order valence-corrected chi connectivity index (χ3v) is 3.58. The largest absolute Gasteiger partial charge is 0.379 e. The molecule has 0 bridgehead atoms. The van der Waals surface area contributed by atoms with Gasteiger partial charge in [0.05, 0.1) is 11.4 Å². The predicted molar refractivity (Wildman–Crippen MR) is 75.9 cm³/mol. The summed E-state index contributed by atoms with van der Waals surface area (Å²) < 4.78 is 1.88. The summed E-state index contributed by atoms with van der Waals surface area (Å²) in [7, 11) is 1.98. The number of rotatable bonds is 4. The molecule has 1 N–H and O–H groups in total. The highest BCUT2D eigenvalue weighted by molar-refractivity contribution is 5.46. The molecule has 1 aromatic heterocycles. The monoisotopic (exact) mass is 250 g/mol. The summed E-state index contributed by atoms with van der Waals surface area (Å²) in [6, 6.07) is 0.608. The zero-order valence-corrected chi connectivity index (χ0v) is 12.1. The molecule has 102 valence electrons. The van der Waals surface area contributed by atoms with Crippen molar-refractivity contribution in [3.63, 3.8) is 0 Å². The van der Waals surface area contributed by atoms with E-state index in [2.05, 4.69) is 42.3 Å². The maximum atomic E-state index is 4.37. The minimum absolute atomic E-state index is 0.608. The minimum Gasteiger partial charge on any atom is -0.379 e. The summed E-state index contributed by atoms with van der Waals surface area (Å²) in [6.07, 6.45) is 4.55. The third kappa shape index (κ3) is 3.48. The van der Waals surface area contributed by atoms with Crippen molar-refractivity contribution in [3.05, 3.63) is 11.9 Å². The number of aryl methyl sites for hydroxylation is 2. The fourth-order valence-corrected chi connectivity index (χ4v) is 2.74. The van der Waals surface area contributed by atoms with Crippen LogP contribution in [0.15, 0.2) is 6.20 Å². The van der Waals surface area contributed by atoms with Crippen LogP contribution in [0.4, 0.5) is 5.69 Å². The Morgan fingerprint density at radius 2 is 2.06 bits per heavy atom. The molecule has 0 aliphatic carbocycles. The zero-order valence-electron chi connectivity index (χ0n) is 12.1. The molecule has 18 heavy (non-hydrogen) atoms. The van der Waals surface area contributed by atoms with E-state index in [9.17, 15) is 0 Å². The van der Waals surface area contributed by atoms with Crippen molar-refractivity contribution in [1.29, 1.82) is 0 Å². The fourth-order valence-electron chi connectivity index (χ4n) is 2.74. The average molecular weight is 250 g/mol. The highest BCUT2D eigenvalue weighted by atomic mass is 15.3. The van der Waals surface area contributed by atoms with Gasteiger partial charge in [0.25, 0.3) is 0 Å². The van der Waals surface area contributed by atoms with E-state index in [1.54, 1.807) is 0 Å². The molecule has 4 heteroatoms. The summed E-state index contributed by atoms with van der Waals surface area (Å²) in [5, 5.41) is 8.01. The van der Waals surface area contributed by atoms with Crippen molar-refractivity contribution >= 4 is 5.69 Å². The lowest BCUT2D eigenvalue weighted by molar-refractivity contribution is 0.198. The third-order valence-electron chi connectivity index (χ3n) is 3.58. The Labute approximate surface area is 110 Å². The number of hydrogen-bond acceptors (Lipinski definition) is 3. The zero-order chi connectivity index (χ0) is 13.1. The number of piperidine rings is 1. The summed E-state index contributed by atoms with van der Waals surface area (Å²) in [5.41, 5.74) is 2.29. The molecule has 4 nitrogen and oxygen atoms in total. The van der Waals surface area contributed by atoms with E-state index in [4.69, 9.17) is 0 Å². The Morgan fingerprint density at radius 1 is 1.39 bits per heavy atom. The van der Waals surface area contributed by atoms with Gasteiger partial charge < -0.3 is 10.2 Å². The number of nitrogens with zero attached hydrogens (tertiary/aromatic N) is 3. The smallest absolute Gasteiger partial charge is 0.0825 e. The van der Waals surface area contributed by atoms with Crippen LogP contribution < -0.4 is 5.32 Å². The van der Waals surface area contributed by atoms with Crippen molar-refractivity contribution in [2.75, 3.05) is 25.0 Å². The Hall–Kier alpha value is -1.03. The molecule has 1 fully saturated rings. The van der Waals surface area contributed by atoms with E-state index in [0.717, 1.165) is 11.6 Å². The molecule has 0 saturated carbocycles. The standard InChI is InChI=1S/C14H26N4/c1-11(2)9-18-7-5-13(6-8-18)15-14-10-17(4)16-12(14)3/h10-11,13,15H,5-9H2,1-4H3. The van der Waals surface area contributed by atoms with Crippen molar-refractivity contribution in [2.24, 2.45) is 13.0 Å². The van der Waals surface area contributed by atoms with Crippen LogP contribution in [-0.2, 0) is 7.05 Å². The van der Waals surface area contributed by atoms with Crippen molar-refractivity contribution in [2.45, 2.75) is 39.7 Å². The van der Waals surface area contributed by atoms with Gasteiger partial charge in [-0.15, -0.1) is 0 Å². The molecular weight excluding hydrogens is 224 g/mol. The maximum Gasteiger partial charge on any atom is 0.0825 e. The van der Waals surface area contributed by atoms with E-state index >= 15 is 0 Å². The van der Waals surface area contributed by atoms with E-state index < -0.39 is 0 Å². The van der Waals surface area contributed by atoms with Crippen LogP contribution >= 0.6 is 0 Å². The number of hydrogen-bond donors (Lipinski definition) is 1. The SMILES string of the molecule is Cc1nn(C)cc1NC1CCN(CC(C)C)CC1. The summed E-state index contributed by atoms with van der Waals surface area (Å²) >= 11 is 0. The van der Waals surface area contributed by atoms with Gasteiger partial charge in [-0.2, -0.15) is 5.10 Å². The van der Waals surface area contributed by atoms with Gasteiger partial charge in [0, 0.05) is 38.9 Å². The van der Waals surface area contributed by atoms with E-state index in [1.807, 2.05) is 11.7 Å². The second kappa shape index (κ2) is 5.74. The molecule has 2 rings (SSSR count).